The molecule has 9 N–H and O–H groups in total. The molecule has 1 saturated heterocycles. The molecule has 22 heteroatoms. The summed E-state index contributed by atoms with van der Waals surface area (Å²) in [5.74, 6) is -5.49. The number of hydrogen-bond acceptors (Lipinski definition) is 16. The lowest BCUT2D eigenvalue weighted by Gasteiger charge is -2.37. The zero-order valence-corrected chi connectivity index (χ0v) is 54.6. The molecule has 0 unspecified atom stereocenters. The predicted molar refractivity (Wildman–Crippen MR) is 338 cm³/mol. The van der Waals surface area contributed by atoms with Gasteiger partial charge in [-0.1, -0.05) is 105 Å². The second-order valence-electron chi connectivity index (χ2n) is 24.5. The number of ether oxygens (including phenoxy) is 2. The number of rotatable bonds is 44. The summed E-state index contributed by atoms with van der Waals surface area (Å²) in [7, 11) is 5.11. The average Bonchev–Trinajstić information content (AvgIpc) is 4.12. The highest BCUT2D eigenvalue weighted by molar-refractivity contribution is 7.09. The van der Waals surface area contributed by atoms with Crippen LogP contribution in [0.25, 0.3) is 0 Å². The van der Waals surface area contributed by atoms with Crippen LogP contribution in [0.4, 0.5) is 4.79 Å². The molecular formula is C65H105N9O12S. The minimum Gasteiger partial charge on any atom is -0.481 e. The number of unbranched alkanes of at least 4 members (excludes halogenated alkanes) is 3. The zero-order chi connectivity index (χ0) is 64.8. The number of piperidine rings is 1. The molecule has 1 aromatic heterocycles. The van der Waals surface area contributed by atoms with Crippen molar-refractivity contribution < 1.29 is 57.7 Å². The summed E-state index contributed by atoms with van der Waals surface area (Å²) >= 11 is 1.11. The highest BCUT2D eigenvalue weighted by Crippen LogP contribution is 2.33. The van der Waals surface area contributed by atoms with Crippen molar-refractivity contribution in [3.05, 3.63) is 63.7 Å². The number of primary amides is 1. The van der Waals surface area contributed by atoms with E-state index in [1.165, 1.54) is 7.05 Å². The maximum Gasteiger partial charge on any atom is 0.407 e. The summed E-state index contributed by atoms with van der Waals surface area (Å²) in [6, 6.07) is 4.85. The van der Waals surface area contributed by atoms with Gasteiger partial charge in [-0.25, -0.2) is 9.78 Å². The van der Waals surface area contributed by atoms with E-state index < -0.39 is 71.8 Å². The van der Waals surface area contributed by atoms with Crippen LogP contribution in [0.3, 0.4) is 0 Å². The van der Waals surface area contributed by atoms with Crippen LogP contribution < -0.4 is 32.7 Å². The number of nitrogens with one attached hydrogen (secondary N) is 4. The zero-order valence-electron chi connectivity index (χ0n) is 53.8. The van der Waals surface area contributed by atoms with E-state index in [0.717, 1.165) is 74.1 Å². The van der Waals surface area contributed by atoms with Crippen LogP contribution in [0.15, 0.2) is 41.9 Å². The number of benzene rings is 1. The number of hydrogen-bond donors (Lipinski definition) is 7. The molecular weight excluding hydrogens is 1130 g/mol. The molecule has 2 aromatic rings. The lowest BCUT2D eigenvalue weighted by atomic mass is 9.83. The summed E-state index contributed by atoms with van der Waals surface area (Å²) in [5, 5.41) is 23.5. The SMILES string of the molecule is C=C(CCCCCN)NCCOCCC(=O)C[C@H](C(=O)N[C@@H](CCCCC(N)=O)C(=O)Cc1ccc(C[C@@H](C[C@H](C)C(=O)O)NC(=O)c2csc([C@@H](C[C@H](C(C)C)N(C)C(=O)[C@@H](CC(=O)[C@H]3CCCCN3C)[C@@H](C)CC)OC(=O)NC)n2)cc1)C(C)C. The number of allylic oxidation sites excluding steroid dienone is 1. The maximum atomic E-state index is 14.5. The normalized spacial score (nSPS) is 16.3. The highest BCUT2D eigenvalue weighted by Gasteiger charge is 2.38. The first-order valence-corrected chi connectivity index (χ1v) is 32.5. The Kier molecular flexibility index (Phi) is 34.3. The number of likely N-dealkylation sites (N-methyl/N-ethyl adjacent to an activating group) is 1. The van der Waals surface area contributed by atoms with Crippen LogP contribution in [-0.4, -0.2) is 151 Å². The smallest absolute Gasteiger partial charge is 0.407 e. The van der Waals surface area contributed by atoms with Gasteiger partial charge < -0.3 is 52.2 Å². The summed E-state index contributed by atoms with van der Waals surface area (Å²) in [6.07, 6.45) is 7.51. The molecule has 1 aliphatic rings. The molecule has 0 spiro atoms. The highest BCUT2D eigenvalue weighted by atomic mass is 32.1. The molecule has 1 aromatic carbocycles. The van der Waals surface area contributed by atoms with Gasteiger partial charge in [-0.05, 0) is 107 Å². The molecule has 0 aliphatic carbocycles. The van der Waals surface area contributed by atoms with Crippen molar-refractivity contribution in [3.8, 4) is 0 Å². The lowest BCUT2D eigenvalue weighted by molar-refractivity contribution is -0.143. The van der Waals surface area contributed by atoms with E-state index >= 15 is 0 Å². The fourth-order valence-electron chi connectivity index (χ4n) is 11.0. The van der Waals surface area contributed by atoms with Crippen LogP contribution >= 0.6 is 11.3 Å². The van der Waals surface area contributed by atoms with Crippen molar-refractivity contribution in [2.75, 3.05) is 54.0 Å². The predicted octanol–water partition coefficient (Wildman–Crippen LogP) is 7.87. The molecule has 1 aliphatic heterocycles. The summed E-state index contributed by atoms with van der Waals surface area (Å²) < 4.78 is 11.6. The molecule has 2 heterocycles. The molecule has 0 saturated carbocycles. The largest absolute Gasteiger partial charge is 0.481 e. The van der Waals surface area contributed by atoms with Gasteiger partial charge in [0.2, 0.25) is 17.7 Å². The number of carbonyl (C=O) groups is 9. The number of ketones is 3. The van der Waals surface area contributed by atoms with Crippen LogP contribution in [0.5, 0.6) is 0 Å². The number of carboxylic acids is 1. The van der Waals surface area contributed by atoms with Gasteiger partial charge in [-0.2, -0.15) is 0 Å². The number of Topliss-reactive ketones (excluding diaryl/α,β-unsaturated/α-hetero) is 3. The second kappa shape index (κ2) is 39.7. The fraction of sp³-hybridized carbons (Fsp3) is 0.692. The first-order valence-electron chi connectivity index (χ1n) is 31.6. The van der Waals surface area contributed by atoms with Crippen molar-refractivity contribution in [2.45, 2.75) is 201 Å². The van der Waals surface area contributed by atoms with E-state index in [4.69, 9.17) is 20.9 Å². The monoisotopic (exact) mass is 1240 g/mol. The third-order valence-electron chi connectivity index (χ3n) is 16.8. The van der Waals surface area contributed by atoms with Crippen molar-refractivity contribution in [2.24, 2.45) is 47.0 Å². The van der Waals surface area contributed by atoms with Gasteiger partial charge in [0.15, 0.2) is 17.7 Å². The Morgan fingerprint density at radius 2 is 1.55 bits per heavy atom. The Hall–Kier alpha value is -6.10. The second-order valence-corrected chi connectivity index (χ2v) is 25.4. The summed E-state index contributed by atoms with van der Waals surface area (Å²) in [4.78, 5) is 128. The number of amides is 5. The Bertz CT molecular complexity index is 2520. The summed E-state index contributed by atoms with van der Waals surface area (Å²) in [5.41, 5.74) is 13.3. The molecule has 9 atom stereocenters. The standard InChI is InChI=1S/C65H105N9O12S/c1-12-43(6)51(38-57(77)54-22-17-19-31-73(54)10)63(81)74(11)55(42(4)5)39-58(86-65(84)68-9)62-72-53(40-87-62)61(80)70-48(34-44(7)64(82)83)35-46-24-26-47(27-25-46)36-56(76)52(21-15-16-23-59(67)78)71-60(79)50(41(2)3)37-49(75)28-32-85-33-30-69-45(8)20-14-13-18-29-66/h24-27,40-44,48,50-52,54-55,58,69H,8,12-23,28-39,66H2,1-7,9-11H3,(H2,67,78)(H,68,84)(H,70,80)(H,71,79)(H,82,83)/t43-,44-,48+,50-,51-,52-,54+,55+,58+/m0/s1. The number of nitrogens with zero attached hydrogens (tertiary/aromatic N) is 3. The number of nitrogens with two attached hydrogens (primary N) is 2. The number of likely N-dealkylation sites (tertiary alicyclic amines) is 1. The van der Waals surface area contributed by atoms with Gasteiger partial charge >= 0.3 is 12.1 Å². The van der Waals surface area contributed by atoms with E-state index in [1.54, 1.807) is 48.5 Å². The third-order valence-corrected chi connectivity index (χ3v) is 17.8. The Labute approximate surface area is 521 Å². The average molecular weight is 1240 g/mol. The molecule has 5 amide bonds. The molecule has 0 bridgehead atoms. The third kappa shape index (κ3) is 27.0. The molecule has 3 rings (SSSR count). The van der Waals surface area contributed by atoms with Gasteiger partial charge in [0.05, 0.1) is 31.2 Å². The van der Waals surface area contributed by atoms with Crippen LogP contribution in [0, 0.1) is 35.5 Å². The van der Waals surface area contributed by atoms with E-state index in [-0.39, 0.29) is 117 Å². The van der Waals surface area contributed by atoms with Gasteiger partial charge in [0.25, 0.3) is 5.91 Å². The minimum absolute atomic E-state index is 0.0219. The van der Waals surface area contributed by atoms with Gasteiger partial charge in [-0.3, -0.25) is 43.3 Å². The van der Waals surface area contributed by atoms with Crippen LogP contribution in [0.2, 0.25) is 0 Å². The van der Waals surface area contributed by atoms with E-state index in [1.807, 2.05) is 48.6 Å². The number of thiazole rings is 1. The first-order chi connectivity index (χ1) is 41.3. The Morgan fingerprint density at radius 3 is 2.17 bits per heavy atom. The number of carboxylic acid groups (broad SMARTS) is 1. The molecule has 1 fully saturated rings. The summed E-state index contributed by atoms with van der Waals surface area (Å²) in [6.45, 7) is 19.9. The van der Waals surface area contributed by atoms with E-state index in [9.17, 15) is 48.3 Å². The van der Waals surface area contributed by atoms with E-state index in [2.05, 4.69) is 37.7 Å². The van der Waals surface area contributed by atoms with Gasteiger partial charge in [0, 0.05) is 94.2 Å². The van der Waals surface area contributed by atoms with Crippen LogP contribution in [-0.2, 0) is 55.9 Å². The quantitative estimate of drug-likeness (QED) is 0.0310. The van der Waals surface area contributed by atoms with Crippen molar-refractivity contribution in [1.29, 1.82) is 0 Å². The van der Waals surface area contributed by atoms with Crippen molar-refractivity contribution in [3.63, 3.8) is 0 Å². The van der Waals surface area contributed by atoms with Crippen LogP contribution in [0.1, 0.15) is 190 Å². The number of aromatic nitrogens is 1. The number of alkyl carbamates (subject to hydrolysis) is 1. The number of carbonyl (C=O) groups excluding carboxylic acids is 8. The molecule has 488 valence electrons. The Morgan fingerprint density at radius 1 is 0.862 bits per heavy atom. The maximum absolute atomic E-state index is 14.5. The Balaban J connectivity index is 1.75. The topological polar surface area (TPSA) is 312 Å². The first kappa shape index (κ1) is 75.2. The van der Waals surface area contributed by atoms with Gasteiger partial charge in [0.1, 0.15) is 16.5 Å². The molecule has 87 heavy (non-hydrogen) atoms. The lowest BCUT2D eigenvalue weighted by Crippen LogP contribution is -2.48. The van der Waals surface area contributed by atoms with Crippen molar-refractivity contribution >= 4 is 64.4 Å². The molecule has 0 radical (unpaired) electrons. The van der Waals surface area contributed by atoms with Crippen molar-refractivity contribution in [1.82, 2.24) is 36.1 Å². The molecule has 21 nitrogen and oxygen atoms in total. The minimum atomic E-state index is -1.05. The van der Waals surface area contributed by atoms with E-state index in [0.29, 0.717) is 49.5 Å². The fourth-order valence-corrected chi connectivity index (χ4v) is 11.9. The number of aliphatic carboxylic acids is 1. The van der Waals surface area contributed by atoms with Gasteiger partial charge in [-0.15, -0.1) is 11.3 Å².